The molecule has 0 saturated heterocycles. The van der Waals surface area contributed by atoms with E-state index in [0.29, 0.717) is 5.56 Å². The predicted molar refractivity (Wildman–Crippen MR) is 93.2 cm³/mol. The molecule has 25 heavy (non-hydrogen) atoms. The van der Waals surface area contributed by atoms with E-state index in [9.17, 15) is 19.8 Å². The summed E-state index contributed by atoms with van der Waals surface area (Å²) in [5.41, 5.74) is 0.232. The lowest BCUT2D eigenvalue weighted by atomic mass is 10.0. The van der Waals surface area contributed by atoms with Gasteiger partial charge in [-0.2, -0.15) is 0 Å². The Morgan fingerprint density at radius 2 is 1.68 bits per heavy atom. The molecule has 124 valence electrons. The van der Waals surface area contributed by atoms with E-state index in [2.05, 4.69) is 4.99 Å². The number of hydrogen-bond donors (Lipinski definition) is 3. The smallest absolute Gasteiger partial charge is 0.337 e. The van der Waals surface area contributed by atoms with Gasteiger partial charge in [0.1, 0.15) is 5.75 Å². The summed E-state index contributed by atoms with van der Waals surface area (Å²) in [4.78, 5) is 26.5. The Morgan fingerprint density at radius 1 is 0.920 bits per heavy atom. The van der Waals surface area contributed by atoms with Crippen LogP contribution in [0.1, 0.15) is 26.3 Å². The standard InChI is InChI=1S/C19H13NO5/c21-17-8-6-11-3-1-2-4-13(11)15(17)10-20-16-9-12(18(22)23)5-7-14(16)19(24)25/h1-10,21H,(H,22,23)(H,24,25). The number of carboxylic acids is 2. The molecule has 6 nitrogen and oxygen atoms in total. The van der Waals surface area contributed by atoms with Gasteiger partial charge in [0.2, 0.25) is 0 Å². The van der Waals surface area contributed by atoms with Crippen molar-refractivity contribution in [2.45, 2.75) is 0 Å². The van der Waals surface area contributed by atoms with Crippen molar-refractivity contribution < 1.29 is 24.9 Å². The molecule has 0 aliphatic heterocycles. The van der Waals surface area contributed by atoms with Gasteiger partial charge in [0, 0.05) is 11.8 Å². The van der Waals surface area contributed by atoms with Crippen LogP contribution in [0.5, 0.6) is 5.75 Å². The van der Waals surface area contributed by atoms with Gasteiger partial charge in [-0.15, -0.1) is 0 Å². The second-order valence-corrected chi connectivity index (χ2v) is 5.32. The molecular weight excluding hydrogens is 322 g/mol. The lowest BCUT2D eigenvalue weighted by Gasteiger charge is -2.06. The summed E-state index contributed by atoms with van der Waals surface area (Å²) in [6.45, 7) is 0. The summed E-state index contributed by atoms with van der Waals surface area (Å²) in [6.07, 6.45) is 1.34. The number of phenolic OH excluding ortho intramolecular Hbond substituents is 1. The molecule has 0 aromatic heterocycles. The number of carboxylic acid groups (broad SMARTS) is 2. The van der Waals surface area contributed by atoms with Crippen LogP contribution in [0.4, 0.5) is 5.69 Å². The van der Waals surface area contributed by atoms with E-state index in [4.69, 9.17) is 5.11 Å². The maximum atomic E-state index is 11.3. The maximum Gasteiger partial charge on any atom is 0.337 e. The molecule has 0 aliphatic rings. The van der Waals surface area contributed by atoms with Gasteiger partial charge in [0.05, 0.1) is 16.8 Å². The van der Waals surface area contributed by atoms with Gasteiger partial charge in [-0.3, -0.25) is 4.99 Å². The van der Waals surface area contributed by atoms with Crippen LogP contribution in [0.3, 0.4) is 0 Å². The molecule has 3 rings (SSSR count). The Kier molecular flexibility index (Phi) is 4.18. The second-order valence-electron chi connectivity index (χ2n) is 5.32. The van der Waals surface area contributed by atoms with Crippen LogP contribution in [0.2, 0.25) is 0 Å². The first-order valence-corrected chi connectivity index (χ1v) is 7.33. The normalized spacial score (nSPS) is 11.0. The third kappa shape index (κ3) is 3.18. The first-order chi connectivity index (χ1) is 12.0. The van der Waals surface area contributed by atoms with E-state index in [1.807, 2.05) is 24.3 Å². The SMILES string of the molecule is O=C(O)c1ccc(C(=O)O)c(N=Cc2c(O)ccc3ccccc23)c1. The summed E-state index contributed by atoms with van der Waals surface area (Å²) < 4.78 is 0. The third-order valence-electron chi connectivity index (χ3n) is 3.76. The Hall–Kier alpha value is -3.67. The van der Waals surface area contributed by atoms with Gasteiger partial charge in [0.25, 0.3) is 0 Å². The minimum Gasteiger partial charge on any atom is -0.507 e. The van der Waals surface area contributed by atoms with Gasteiger partial charge in [-0.25, -0.2) is 9.59 Å². The number of fused-ring (bicyclic) bond motifs is 1. The molecule has 3 N–H and O–H groups in total. The first-order valence-electron chi connectivity index (χ1n) is 7.33. The summed E-state index contributed by atoms with van der Waals surface area (Å²) >= 11 is 0. The number of hydrogen-bond acceptors (Lipinski definition) is 4. The van der Waals surface area contributed by atoms with E-state index >= 15 is 0 Å². The Labute approximate surface area is 142 Å². The van der Waals surface area contributed by atoms with E-state index in [1.165, 1.54) is 30.5 Å². The lowest BCUT2D eigenvalue weighted by molar-refractivity contribution is 0.0682. The minimum absolute atomic E-state index is 0.000246. The Balaban J connectivity index is 2.14. The minimum atomic E-state index is -1.22. The molecule has 0 radical (unpaired) electrons. The molecule has 3 aromatic carbocycles. The maximum absolute atomic E-state index is 11.3. The van der Waals surface area contributed by atoms with E-state index in [1.54, 1.807) is 6.07 Å². The van der Waals surface area contributed by atoms with Crippen LogP contribution in [0.25, 0.3) is 10.8 Å². The molecule has 0 unspecified atom stereocenters. The van der Waals surface area contributed by atoms with Crippen molar-refractivity contribution >= 4 is 34.6 Å². The molecule has 0 fully saturated rings. The average Bonchev–Trinajstić information content (AvgIpc) is 2.60. The second kappa shape index (κ2) is 6.45. The van der Waals surface area contributed by atoms with Crippen molar-refractivity contribution in [3.8, 4) is 5.75 Å². The molecular formula is C19H13NO5. The number of aliphatic imine (C=N–C) groups is 1. The Bertz CT molecular complexity index is 1020. The number of aromatic carboxylic acids is 2. The molecule has 0 aliphatic carbocycles. The van der Waals surface area contributed by atoms with Gasteiger partial charge < -0.3 is 15.3 Å². The number of benzene rings is 3. The Morgan fingerprint density at radius 3 is 2.40 bits per heavy atom. The quantitative estimate of drug-likeness (QED) is 0.630. The molecule has 0 saturated carbocycles. The number of aromatic hydroxyl groups is 1. The zero-order chi connectivity index (χ0) is 18.0. The summed E-state index contributed by atoms with van der Waals surface area (Å²) in [6, 6.07) is 14.2. The van der Waals surface area contributed by atoms with E-state index < -0.39 is 11.9 Å². The van der Waals surface area contributed by atoms with Crippen molar-refractivity contribution in [2.75, 3.05) is 0 Å². The fraction of sp³-hybridized carbons (Fsp3) is 0. The number of rotatable bonds is 4. The summed E-state index contributed by atoms with van der Waals surface area (Å²) in [5, 5.41) is 30.1. The zero-order valence-electron chi connectivity index (χ0n) is 12.9. The van der Waals surface area contributed by atoms with Gasteiger partial charge >= 0.3 is 11.9 Å². The van der Waals surface area contributed by atoms with Gasteiger partial charge in [-0.1, -0.05) is 30.3 Å². The van der Waals surface area contributed by atoms with E-state index in [-0.39, 0.29) is 22.6 Å². The zero-order valence-corrected chi connectivity index (χ0v) is 12.9. The topological polar surface area (TPSA) is 107 Å². The monoisotopic (exact) mass is 335 g/mol. The van der Waals surface area contributed by atoms with E-state index in [0.717, 1.165) is 10.8 Å². The molecule has 6 heteroatoms. The average molecular weight is 335 g/mol. The molecule has 0 amide bonds. The lowest BCUT2D eigenvalue weighted by Crippen LogP contribution is -2.01. The molecule has 0 atom stereocenters. The van der Waals surface area contributed by atoms with Crippen molar-refractivity contribution in [3.63, 3.8) is 0 Å². The fourth-order valence-electron chi connectivity index (χ4n) is 2.51. The largest absolute Gasteiger partial charge is 0.507 e. The summed E-state index contributed by atoms with van der Waals surface area (Å²) in [5.74, 6) is -2.40. The highest BCUT2D eigenvalue weighted by Crippen LogP contribution is 2.27. The summed E-state index contributed by atoms with van der Waals surface area (Å²) in [7, 11) is 0. The first kappa shape index (κ1) is 16.2. The van der Waals surface area contributed by atoms with Crippen LogP contribution in [-0.4, -0.2) is 33.5 Å². The highest BCUT2D eigenvalue weighted by atomic mass is 16.4. The van der Waals surface area contributed by atoms with Crippen LogP contribution >= 0.6 is 0 Å². The number of carbonyl (C=O) groups is 2. The van der Waals surface area contributed by atoms with Crippen molar-refractivity contribution in [1.82, 2.24) is 0 Å². The fourth-order valence-corrected chi connectivity index (χ4v) is 2.51. The highest BCUT2D eigenvalue weighted by Gasteiger charge is 2.13. The molecule has 0 heterocycles. The van der Waals surface area contributed by atoms with Crippen molar-refractivity contribution in [1.29, 1.82) is 0 Å². The van der Waals surface area contributed by atoms with Crippen LogP contribution in [-0.2, 0) is 0 Å². The van der Waals surface area contributed by atoms with Crippen molar-refractivity contribution in [2.24, 2.45) is 4.99 Å². The number of phenols is 1. The molecule has 0 bridgehead atoms. The third-order valence-corrected chi connectivity index (χ3v) is 3.76. The predicted octanol–water partition coefficient (Wildman–Crippen LogP) is 3.69. The molecule has 3 aromatic rings. The van der Waals surface area contributed by atoms with Gasteiger partial charge in [-0.05, 0) is 35.0 Å². The van der Waals surface area contributed by atoms with Crippen LogP contribution in [0, 0.1) is 0 Å². The van der Waals surface area contributed by atoms with Crippen LogP contribution in [0.15, 0.2) is 59.6 Å². The van der Waals surface area contributed by atoms with Crippen LogP contribution < -0.4 is 0 Å². The van der Waals surface area contributed by atoms with Crippen molar-refractivity contribution in [3.05, 3.63) is 71.3 Å². The molecule has 0 spiro atoms. The highest BCUT2D eigenvalue weighted by molar-refractivity contribution is 6.04. The number of nitrogens with zero attached hydrogens (tertiary/aromatic N) is 1. The van der Waals surface area contributed by atoms with Gasteiger partial charge in [0.15, 0.2) is 0 Å².